The number of methoxy groups -OCH3 is 1. The summed E-state index contributed by atoms with van der Waals surface area (Å²) in [5.41, 5.74) is 2.49. The molecule has 252 valence electrons. The van der Waals surface area contributed by atoms with Gasteiger partial charge in [0.25, 0.3) is 0 Å². The number of amides is 1. The van der Waals surface area contributed by atoms with Gasteiger partial charge >= 0.3 is 5.97 Å². The molecular formula is C37H47F2N5O3. The van der Waals surface area contributed by atoms with Crippen LogP contribution in [0.3, 0.4) is 0 Å². The average molecular weight is 648 g/mol. The predicted octanol–water partition coefficient (Wildman–Crippen LogP) is 4.66. The first-order valence-electron chi connectivity index (χ1n) is 17.2. The maximum atomic E-state index is 14.8. The van der Waals surface area contributed by atoms with E-state index in [1.807, 2.05) is 23.1 Å². The Bertz CT molecular complexity index is 1480. The minimum absolute atomic E-state index is 0.00346. The molecule has 3 saturated heterocycles. The van der Waals surface area contributed by atoms with Gasteiger partial charge in [-0.3, -0.25) is 14.5 Å². The van der Waals surface area contributed by atoms with E-state index >= 15 is 0 Å². The molecule has 47 heavy (non-hydrogen) atoms. The molecule has 3 atom stereocenters. The second-order valence-corrected chi connectivity index (χ2v) is 14.1. The highest BCUT2D eigenvalue weighted by Gasteiger charge is 2.56. The minimum Gasteiger partial charge on any atom is -0.469 e. The molecule has 0 radical (unpaired) electrons. The molecule has 3 heterocycles. The molecule has 4 aliphatic rings. The number of alkyl halides is 1. The van der Waals surface area contributed by atoms with E-state index in [1.165, 1.54) is 19.2 Å². The summed E-state index contributed by atoms with van der Waals surface area (Å²) >= 11 is 0. The Morgan fingerprint density at radius 2 is 1.81 bits per heavy atom. The number of hydrogen-bond acceptors (Lipinski definition) is 7. The number of nitrogens with zero attached hydrogens (tertiary/aromatic N) is 4. The average Bonchev–Trinajstić information content (AvgIpc) is 3.50. The van der Waals surface area contributed by atoms with Crippen LogP contribution in [0.5, 0.6) is 0 Å². The highest BCUT2D eigenvalue weighted by molar-refractivity contribution is 5.89. The Morgan fingerprint density at radius 1 is 1.04 bits per heavy atom. The third-order valence-corrected chi connectivity index (χ3v) is 11.4. The highest BCUT2D eigenvalue weighted by Crippen LogP contribution is 2.53. The van der Waals surface area contributed by atoms with Crippen molar-refractivity contribution in [3.63, 3.8) is 0 Å². The lowest BCUT2D eigenvalue weighted by atomic mass is 9.56. The van der Waals surface area contributed by atoms with E-state index in [4.69, 9.17) is 4.74 Å². The molecule has 3 aliphatic heterocycles. The van der Waals surface area contributed by atoms with Crippen LogP contribution >= 0.6 is 0 Å². The van der Waals surface area contributed by atoms with Crippen LogP contribution in [0.4, 0.5) is 14.5 Å². The Kier molecular flexibility index (Phi) is 10.1. The molecule has 2 aromatic carbocycles. The van der Waals surface area contributed by atoms with Crippen LogP contribution in [0.25, 0.3) is 0 Å². The van der Waals surface area contributed by atoms with Crippen molar-refractivity contribution < 1.29 is 23.1 Å². The van der Waals surface area contributed by atoms with Gasteiger partial charge in [-0.1, -0.05) is 18.6 Å². The van der Waals surface area contributed by atoms with Gasteiger partial charge in [0.15, 0.2) is 0 Å². The van der Waals surface area contributed by atoms with Crippen LogP contribution in [-0.2, 0) is 26.3 Å². The number of esters is 1. The molecular weight excluding hydrogens is 600 g/mol. The number of ether oxygens (including phenoxy) is 1. The molecule has 0 bridgehead atoms. The van der Waals surface area contributed by atoms with E-state index in [1.54, 1.807) is 13.1 Å². The lowest BCUT2D eigenvalue weighted by Gasteiger charge is -2.50. The Hall–Kier alpha value is -3.55. The molecule has 1 saturated carbocycles. The highest BCUT2D eigenvalue weighted by atomic mass is 19.1. The van der Waals surface area contributed by atoms with Crippen molar-refractivity contribution in [2.45, 2.75) is 56.7 Å². The molecule has 10 heteroatoms. The van der Waals surface area contributed by atoms with Crippen LogP contribution in [0, 0.1) is 40.8 Å². The summed E-state index contributed by atoms with van der Waals surface area (Å²) < 4.78 is 33.2. The maximum absolute atomic E-state index is 14.8. The zero-order valence-electron chi connectivity index (χ0n) is 27.6. The topological polar surface area (TPSA) is 88.9 Å². The van der Waals surface area contributed by atoms with E-state index in [2.05, 4.69) is 27.3 Å². The molecule has 8 nitrogen and oxygen atoms in total. The fourth-order valence-corrected chi connectivity index (χ4v) is 9.09. The van der Waals surface area contributed by atoms with Crippen LogP contribution < -0.4 is 10.2 Å². The third kappa shape index (κ3) is 6.75. The van der Waals surface area contributed by atoms with E-state index in [9.17, 15) is 23.6 Å². The Labute approximate surface area is 277 Å². The number of halogens is 2. The van der Waals surface area contributed by atoms with Gasteiger partial charge in [-0.15, -0.1) is 0 Å². The zero-order valence-corrected chi connectivity index (χ0v) is 27.6. The second kappa shape index (κ2) is 14.3. The largest absolute Gasteiger partial charge is 0.469 e. The van der Waals surface area contributed by atoms with Crippen molar-refractivity contribution in [1.82, 2.24) is 15.1 Å². The summed E-state index contributed by atoms with van der Waals surface area (Å²) in [5, 5.41) is 12.6. The SMILES string of the molecule is CNC(=O)[C@@](c1cccc(F)c1)(C1CCN(CC2CN(c3ccc(C#N)c(CN4CC(F)C4)c3)C2)CC1)[C@H]1CCC[C@@H]1CC(=O)OC. The van der Waals surface area contributed by atoms with Gasteiger partial charge in [0.1, 0.15) is 12.0 Å². The Balaban J connectivity index is 1.12. The number of rotatable bonds is 11. The number of nitriles is 1. The van der Waals surface area contributed by atoms with E-state index in [-0.39, 0.29) is 41.9 Å². The number of piperidine rings is 1. The number of likely N-dealkylation sites (N-methyl/N-ethyl adjacent to an activating group) is 1. The summed E-state index contributed by atoms with van der Waals surface area (Å²) in [6.45, 7) is 6.01. The van der Waals surface area contributed by atoms with Crippen LogP contribution in [0.2, 0.25) is 0 Å². The fraction of sp³-hybridized carbons (Fsp3) is 0.595. The zero-order chi connectivity index (χ0) is 33.1. The van der Waals surface area contributed by atoms with Crippen molar-refractivity contribution in [3.05, 3.63) is 65.0 Å². The second-order valence-electron chi connectivity index (χ2n) is 14.1. The molecule has 0 unspecified atom stereocenters. The van der Waals surface area contributed by atoms with Gasteiger partial charge in [-0.2, -0.15) is 5.26 Å². The molecule has 0 aromatic heterocycles. The molecule has 6 rings (SSSR count). The van der Waals surface area contributed by atoms with E-state index in [0.29, 0.717) is 36.7 Å². The first-order chi connectivity index (χ1) is 22.7. The molecule has 0 spiro atoms. The standard InChI is InChI=1S/C37H47F2N5O3/c1-41-36(46)37(30-6-4-7-31(38)17-30,34-8-3-5-26(34)16-35(45)47-2)29-11-13-42(14-12-29)19-25-20-44(21-25)33-10-9-27(18-40)28(15-33)22-43-23-32(39)24-43/h4,6-7,9-10,15,17,25-26,29,32,34H,3,5,8,11-14,16,19-24H2,1-2H3,(H,41,46)/t26-,34+,37-/m1/s1. The summed E-state index contributed by atoms with van der Waals surface area (Å²) in [7, 11) is 3.07. The van der Waals surface area contributed by atoms with Crippen molar-refractivity contribution in [1.29, 1.82) is 5.26 Å². The summed E-state index contributed by atoms with van der Waals surface area (Å²) in [5.74, 6) is -0.267. The number of likely N-dealkylation sites (tertiary alicyclic amines) is 2. The van der Waals surface area contributed by atoms with Gasteiger partial charge < -0.3 is 19.9 Å². The van der Waals surface area contributed by atoms with E-state index < -0.39 is 11.6 Å². The van der Waals surface area contributed by atoms with Gasteiger partial charge in [0, 0.05) is 64.3 Å². The van der Waals surface area contributed by atoms with Crippen molar-refractivity contribution in [2.24, 2.45) is 23.7 Å². The molecule has 4 fully saturated rings. The smallest absolute Gasteiger partial charge is 0.305 e. The third-order valence-electron chi connectivity index (χ3n) is 11.4. The summed E-state index contributed by atoms with van der Waals surface area (Å²) in [6, 6.07) is 14.8. The lowest BCUT2D eigenvalue weighted by Crippen LogP contribution is -2.58. The van der Waals surface area contributed by atoms with Crippen LogP contribution in [0.1, 0.15) is 55.2 Å². The Morgan fingerprint density at radius 3 is 2.47 bits per heavy atom. The van der Waals surface area contributed by atoms with Gasteiger partial charge in [0.2, 0.25) is 5.91 Å². The fourth-order valence-electron chi connectivity index (χ4n) is 9.09. The number of carbonyl (C=O) groups is 2. The quantitative estimate of drug-likeness (QED) is 0.355. The van der Waals surface area contributed by atoms with E-state index in [0.717, 1.165) is 76.1 Å². The van der Waals surface area contributed by atoms with Crippen molar-refractivity contribution >= 4 is 17.6 Å². The van der Waals surface area contributed by atoms with Crippen molar-refractivity contribution in [2.75, 3.05) is 64.9 Å². The number of benzene rings is 2. The summed E-state index contributed by atoms with van der Waals surface area (Å²) in [6.07, 6.45) is 3.72. The van der Waals surface area contributed by atoms with Gasteiger partial charge in [-0.25, -0.2) is 8.78 Å². The normalized spacial score (nSPS) is 24.2. The van der Waals surface area contributed by atoms with Gasteiger partial charge in [0.05, 0.1) is 24.2 Å². The number of hydrogen-bond donors (Lipinski definition) is 1. The van der Waals surface area contributed by atoms with Crippen LogP contribution in [0.15, 0.2) is 42.5 Å². The number of nitrogens with one attached hydrogen (secondary N) is 1. The predicted molar refractivity (Wildman–Crippen MR) is 176 cm³/mol. The first-order valence-corrected chi connectivity index (χ1v) is 17.2. The maximum Gasteiger partial charge on any atom is 0.305 e. The van der Waals surface area contributed by atoms with Gasteiger partial charge in [-0.05, 0) is 98.0 Å². The monoisotopic (exact) mass is 647 g/mol. The van der Waals surface area contributed by atoms with Crippen LogP contribution in [-0.4, -0.2) is 87.8 Å². The molecule has 1 aliphatic carbocycles. The molecule has 1 N–H and O–H groups in total. The first kappa shape index (κ1) is 33.4. The lowest BCUT2D eigenvalue weighted by molar-refractivity contribution is -0.144. The number of carbonyl (C=O) groups excluding carboxylic acids is 2. The minimum atomic E-state index is -0.931. The van der Waals surface area contributed by atoms with Crippen molar-refractivity contribution in [3.8, 4) is 6.07 Å². The summed E-state index contributed by atoms with van der Waals surface area (Å²) in [4.78, 5) is 33.5. The number of anilines is 1. The molecule has 2 aromatic rings. The molecule has 1 amide bonds.